The Morgan fingerprint density at radius 3 is 2.62 bits per heavy atom. The molecule has 1 aliphatic heterocycles. The smallest absolute Gasteiger partial charge is 0.257 e. The maximum absolute atomic E-state index is 13.0. The largest absolute Gasteiger partial charge is 0.497 e. The highest BCUT2D eigenvalue weighted by Gasteiger charge is 2.30. The fourth-order valence-corrected chi connectivity index (χ4v) is 4.70. The monoisotopic (exact) mass is 417 g/mol. The Morgan fingerprint density at radius 2 is 1.97 bits per heavy atom. The lowest BCUT2D eigenvalue weighted by Gasteiger charge is -2.31. The number of carbonyl (C=O) groups excluding carboxylic acids is 1. The van der Waals surface area contributed by atoms with E-state index in [1.807, 2.05) is 25.1 Å². The Labute approximate surface area is 172 Å². The molecule has 2 aromatic rings. The summed E-state index contributed by atoms with van der Waals surface area (Å²) in [7, 11) is -1.61. The number of pyridine rings is 1. The maximum atomic E-state index is 13.0. The van der Waals surface area contributed by atoms with Gasteiger partial charge in [-0.15, -0.1) is 0 Å². The van der Waals surface area contributed by atoms with Gasteiger partial charge in [0.15, 0.2) is 0 Å². The number of aromatic nitrogens is 1. The van der Waals surface area contributed by atoms with E-state index in [4.69, 9.17) is 4.74 Å². The zero-order chi connectivity index (χ0) is 21.0. The Balaban J connectivity index is 1.80. The summed E-state index contributed by atoms with van der Waals surface area (Å²) in [4.78, 5) is 17.6. The summed E-state index contributed by atoms with van der Waals surface area (Å²) < 4.78 is 31.0. The molecule has 1 aromatic heterocycles. The lowest BCUT2D eigenvalue weighted by molar-refractivity contribution is 0.102. The third kappa shape index (κ3) is 4.94. The average molecular weight is 418 g/mol. The highest BCUT2D eigenvalue weighted by atomic mass is 32.2. The molecular weight excluding hydrogens is 390 g/mol. The summed E-state index contributed by atoms with van der Waals surface area (Å²) in [5, 5.41) is 2.91. The molecule has 1 aromatic carbocycles. The van der Waals surface area contributed by atoms with Gasteiger partial charge >= 0.3 is 0 Å². The summed E-state index contributed by atoms with van der Waals surface area (Å²) in [5.41, 5.74) is 2.74. The molecule has 2 heterocycles. The lowest BCUT2D eigenvalue weighted by atomic mass is 9.90. The van der Waals surface area contributed by atoms with Crippen molar-refractivity contribution in [3.05, 3.63) is 53.3 Å². The highest BCUT2D eigenvalue weighted by molar-refractivity contribution is 7.89. The zero-order valence-electron chi connectivity index (χ0n) is 17.0. The number of carbonyl (C=O) groups is 1. The SMILES string of the molecule is CCS(=O)(=O)N1CCC(c2nc(C)ccc2C(=O)Nc2cccc(OC)c2)CC1. The van der Waals surface area contributed by atoms with E-state index >= 15 is 0 Å². The minimum atomic E-state index is -3.19. The maximum Gasteiger partial charge on any atom is 0.257 e. The Morgan fingerprint density at radius 1 is 1.24 bits per heavy atom. The van der Waals surface area contributed by atoms with Crippen LogP contribution in [0.2, 0.25) is 0 Å². The molecule has 3 rings (SSSR count). The number of sulfonamides is 1. The molecule has 1 fully saturated rings. The first kappa shape index (κ1) is 21.3. The number of aryl methyl sites for hydroxylation is 1. The normalized spacial score (nSPS) is 15.8. The van der Waals surface area contributed by atoms with E-state index in [0.717, 1.165) is 11.4 Å². The van der Waals surface area contributed by atoms with Gasteiger partial charge in [-0.1, -0.05) is 6.07 Å². The molecule has 0 unspecified atom stereocenters. The molecule has 1 amide bonds. The van der Waals surface area contributed by atoms with Crippen LogP contribution in [-0.4, -0.2) is 49.6 Å². The van der Waals surface area contributed by atoms with Crippen molar-refractivity contribution in [2.45, 2.75) is 32.6 Å². The first-order chi connectivity index (χ1) is 13.8. The van der Waals surface area contributed by atoms with E-state index in [-0.39, 0.29) is 17.6 Å². The van der Waals surface area contributed by atoms with Crippen LogP contribution in [0.4, 0.5) is 5.69 Å². The lowest BCUT2D eigenvalue weighted by Crippen LogP contribution is -2.39. The van der Waals surface area contributed by atoms with Crippen molar-refractivity contribution in [3.63, 3.8) is 0 Å². The minimum absolute atomic E-state index is 0.0456. The van der Waals surface area contributed by atoms with Crippen LogP contribution < -0.4 is 10.1 Å². The molecule has 0 spiro atoms. The molecule has 0 bridgehead atoms. The topological polar surface area (TPSA) is 88.6 Å². The van der Waals surface area contributed by atoms with E-state index in [9.17, 15) is 13.2 Å². The highest BCUT2D eigenvalue weighted by Crippen LogP contribution is 2.31. The standard InChI is InChI=1S/C21H27N3O4S/c1-4-29(26,27)24-12-10-16(11-13-24)20-19(9-8-15(2)22-20)21(25)23-17-6-5-7-18(14-17)28-3/h5-9,14,16H,4,10-13H2,1-3H3,(H,23,25). The molecule has 0 radical (unpaired) electrons. The van der Waals surface area contributed by atoms with Gasteiger partial charge in [0, 0.05) is 36.5 Å². The van der Waals surface area contributed by atoms with Crippen molar-refractivity contribution < 1.29 is 17.9 Å². The van der Waals surface area contributed by atoms with Crippen LogP contribution in [0.25, 0.3) is 0 Å². The van der Waals surface area contributed by atoms with E-state index in [0.29, 0.717) is 42.9 Å². The number of nitrogens with one attached hydrogen (secondary N) is 1. The number of amides is 1. The number of ether oxygens (including phenoxy) is 1. The van der Waals surface area contributed by atoms with Crippen LogP contribution in [0, 0.1) is 6.92 Å². The number of hydrogen-bond donors (Lipinski definition) is 1. The average Bonchev–Trinajstić information content (AvgIpc) is 2.73. The van der Waals surface area contributed by atoms with Gasteiger partial charge in [0.2, 0.25) is 10.0 Å². The second kappa shape index (κ2) is 8.92. The molecule has 0 aliphatic carbocycles. The van der Waals surface area contributed by atoms with Crippen molar-refractivity contribution in [1.82, 2.24) is 9.29 Å². The third-order valence-electron chi connectivity index (χ3n) is 5.24. The molecule has 1 saturated heterocycles. The number of nitrogens with zero attached hydrogens (tertiary/aromatic N) is 2. The second-order valence-electron chi connectivity index (χ2n) is 7.15. The van der Waals surface area contributed by atoms with Crippen molar-refractivity contribution in [1.29, 1.82) is 0 Å². The Bertz CT molecular complexity index is 983. The third-order valence-corrected chi connectivity index (χ3v) is 7.12. The molecule has 156 valence electrons. The zero-order valence-corrected chi connectivity index (χ0v) is 17.8. The number of anilines is 1. The molecule has 1 aliphatic rings. The summed E-state index contributed by atoms with van der Waals surface area (Å²) in [6, 6.07) is 10.8. The van der Waals surface area contributed by atoms with Gasteiger partial charge in [-0.2, -0.15) is 0 Å². The molecule has 0 saturated carbocycles. The fraction of sp³-hybridized carbons (Fsp3) is 0.429. The van der Waals surface area contributed by atoms with Gasteiger partial charge in [-0.05, 0) is 51.0 Å². The molecule has 1 N–H and O–H groups in total. The quantitative estimate of drug-likeness (QED) is 0.780. The van der Waals surface area contributed by atoms with Crippen molar-refractivity contribution in [2.24, 2.45) is 0 Å². The van der Waals surface area contributed by atoms with Gasteiger partial charge in [0.05, 0.1) is 24.1 Å². The summed E-state index contributed by atoms with van der Waals surface area (Å²) in [6.45, 7) is 4.45. The number of piperidine rings is 1. The second-order valence-corrected chi connectivity index (χ2v) is 9.40. The van der Waals surface area contributed by atoms with Crippen molar-refractivity contribution >= 4 is 21.6 Å². The van der Waals surface area contributed by atoms with E-state index in [1.165, 1.54) is 4.31 Å². The van der Waals surface area contributed by atoms with Crippen molar-refractivity contribution in [3.8, 4) is 5.75 Å². The van der Waals surface area contributed by atoms with Crippen LogP contribution in [0.5, 0.6) is 5.75 Å². The summed E-state index contributed by atoms with van der Waals surface area (Å²) >= 11 is 0. The molecule has 8 heteroatoms. The van der Waals surface area contributed by atoms with Crippen LogP contribution in [0.1, 0.15) is 47.4 Å². The minimum Gasteiger partial charge on any atom is -0.497 e. The van der Waals surface area contributed by atoms with Crippen LogP contribution in [0.15, 0.2) is 36.4 Å². The van der Waals surface area contributed by atoms with Gasteiger partial charge in [-0.3, -0.25) is 9.78 Å². The van der Waals surface area contributed by atoms with E-state index < -0.39 is 10.0 Å². The number of benzene rings is 1. The number of hydrogen-bond acceptors (Lipinski definition) is 5. The predicted molar refractivity (Wildman–Crippen MR) is 113 cm³/mol. The van der Waals surface area contributed by atoms with Crippen LogP contribution in [0.3, 0.4) is 0 Å². The summed E-state index contributed by atoms with van der Waals surface area (Å²) in [5.74, 6) is 0.581. The van der Waals surface area contributed by atoms with Crippen LogP contribution >= 0.6 is 0 Å². The number of methoxy groups -OCH3 is 1. The molecule has 7 nitrogen and oxygen atoms in total. The summed E-state index contributed by atoms with van der Waals surface area (Å²) in [6.07, 6.45) is 1.30. The predicted octanol–water partition coefficient (Wildman–Crippen LogP) is 3.18. The van der Waals surface area contributed by atoms with E-state index in [1.54, 1.807) is 32.2 Å². The Kier molecular flexibility index (Phi) is 6.54. The first-order valence-corrected chi connectivity index (χ1v) is 11.4. The van der Waals surface area contributed by atoms with Gasteiger partial charge in [0.25, 0.3) is 5.91 Å². The van der Waals surface area contributed by atoms with Crippen LogP contribution in [-0.2, 0) is 10.0 Å². The van der Waals surface area contributed by atoms with Gasteiger partial charge in [-0.25, -0.2) is 12.7 Å². The van der Waals surface area contributed by atoms with E-state index in [2.05, 4.69) is 10.3 Å². The first-order valence-electron chi connectivity index (χ1n) is 9.75. The molecular formula is C21H27N3O4S. The van der Waals surface area contributed by atoms with Gasteiger partial charge < -0.3 is 10.1 Å². The molecule has 0 atom stereocenters. The Hall–Kier alpha value is -2.45. The van der Waals surface area contributed by atoms with Gasteiger partial charge in [0.1, 0.15) is 5.75 Å². The number of rotatable bonds is 6. The fourth-order valence-electron chi connectivity index (χ4n) is 3.57. The van der Waals surface area contributed by atoms with Crippen molar-refractivity contribution in [2.75, 3.05) is 31.3 Å². The molecule has 29 heavy (non-hydrogen) atoms.